The molecule has 3 aromatic rings. The van der Waals surface area contributed by atoms with Crippen molar-refractivity contribution in [2.45, 2.75) is 58.8 Å². The number of hydrogen-bond acceptors (Lipinski definition) is 2. The number of benzene rings is 3. The van der Waals surface area contributed by atoms with Gasteiger partial charge in [-0.1, -0.05) is 69.5 Å². The van der Waals surface area contributed by atoms with Crippen LogP contribution in [0.5, 0.6) is 5.75 Å². The fourth-order valence-corrected chi connectivity index (χ4v) is 4.30. The molecule has 154 valence electrons. The first-order valence-electron chi connectivity index (χ1n) is 11.2. The highest BCUT2D eigenvalue weighted by Gasteiger charge is 2.20. The Balaban J connectivity index is 1.45. The molecule has 3 aromatic carbocycles. The summed E-state index contributed by atoms with van der Waals surface area (Å²) < 4.78 is 5.67. The molecule has 0 unspecified atom stereocenters. The molecule has 2 heteroatoms. The predicted molar refractivity (Wildman–Crippen MR) is 123 cm³/mol. The summed E-state index contributed by atoms with van der Waals surface area (Å²) in [7, 11) is 0. The second-order valence-electron chi connectivity index (χ2n) is 8.28. The van der Waals surface area contributed by atoms with E-state index in [1.165, 1.54) is 52.6 Å². The van der Waals surface area contributed by atoms with E-state index in [2.05, 4.69) is 38.1 Å². The summed E-state index contributed by atoms with van der Waals surface area (Å²) in [6.45, 7) is 4.40. The Kier molecular flexibility index (Phi) is 6.32. The predicted octanol–water partition coefficient (Wildman–Crippen LogP) is 7.16. The number of unbranched alkanes of at least 4 members (excludes halogenated alkanes) is 2. The van der Waals surface area contributed by atoms with Crippen molar-refractivity contribution in [3.05, 3.63) is 88.5 Å². The molecule has 0 N–H and O–H groups in total. The van der Waals surface area contributed by atoms with Gasteiger partial charge in [-0.3, -0.25) is 0 Å². The van der Waals surface area contributed by atoms with Gasteiger partial charge in [-0.2, -0.15) is 0 Å². The van der Waals surface area contributed by atoms with Crippen LogP contribution < -0.4 is 4.74 Å². The summed E-state index contributed by atoms with van der Waals surface area (Å²) in [5, 5.41) is 0. The van der Waals surface area contributed by atoms with Crippen molar-refractivity contribution >= 4 is 5.97 Å². The Morgan fingerprint density at radius 3 is 2.20 bits per heavy atom. The van der Waals surface area contributed by atoms with Gasteiger partial charge in [0.1, 0.15) is 5.75 Å². The van der Waals surface area contributed by atoms with E-state index in [9.17, 15) is 4.79 Å². The van der Waals surface area contributed by atoms with Crippen LogP contribution in [0.15, 0.2) is 60.7 Å². The van der Waals surface area contributed by atoms with Crippen LogP contribution >= 0.6 is 0 Å². The lowest BCUT2D eigenvalue weighted by Crippen LogP contribution is -2.08. The van der Waals surface area contributed by atoms with E-state index < -0.39 is 0 Å². The molecule has 0 bridgehead atoms. The van der Waals surface area contributed by atoms with Gasteiger partial charge in [0, 0.05) is 0 Å². The van der Waals surface area contributed by atoms with Crippen LogP contribution in [0, 0.1) is 0 Å². The van der Waals surface area contributed by atoms with E-state index in [0.717, 1.165) is 25.7 Å². The fraction of sp³-hybridized carbons (Fsp3) is 0.321. The summed E-state index contributed by atoms with van der Waals surface area (Å²) in [5.74, 6) is 0.319. The van der Waals surface area contributed by atoms with Gasteiger partial charge in [0.15, 0.2) is 0 Å². The third kappa shape index (κ3) is 4.48. The van der Waals surface area contributed by atoms with Gasteiger partial charge in [-0.25, -0.2) is 4.79 Å². The first-order chi connectivity index (χ1) is 14.7. The third-order valence-electron chi connectivity index (χ3n) is 5.93. The quantitative estimate of drug-likeness (QED) is 0.179. The highest BCUT2D eigenvalue weighted by atomic mass is 16.5. The minimum absolute atomic E-state index is 0.299. The SMILES string of the molecule is CCCCCc1ccc2c(c1)Cc1cc(OC(=O)c3ccc(CCC)cc3)ccc1-2. The zero-order valence-electron chi connectivity index (χ0n) is 18.0. The van der Waals surface area contributed by atoms with Crippen LogP contribution in [0.3, 0.4) is 0 Å². The molecule has 0 aliphatic heterocycles. The normalized spacial score (nSPS) is 11.8. The Morgan fingerprint density at radius 2 is 1.47 bits per heavy atom. The third-order valence-corrected chi connectivity index (χ3v) is 5.93. The molecule has 0 spiro atoms. The number of rotatable bonds is 8. The highest BCUT2D eigenvalue weighted by Crippen LogP contribution is 2.39. The molecule has 1 aliphatic rings. The van der Waals surface area contributed by atoms with Crippen molar-refractivity contribution in [2.75, 3.05) is 0 Å². The van der Waals surface area contributed by atoms with Gasteiger partial charge in [-0.05, 0) is 83.3 Å². The Labute approximate surface area is 179 Å². The van der Waals surface area contributed by atoms with E-state index in [1.54, 1.807) is 0 Å². The standard InChI is InChI=1S/C28H30O2/c1-3-5-6-8-21-11-15-26-23(17-21)18-24-19-25(14-16-27(24)26)30-28(29)22-12-9-20(7-4-2)10-13-22/h9-17,19H,3-8,18H2,1-2H3. The molecule has 4 rings (SSSR count). The Morgan fingerprint density at radius 1 is 0.767 bits per heavy atom. The lowest BCUT2D eigenvalue weighted by atomic mass is 10.0. The van der Waals surface area contributed by atoms with Gasteiger partial charge >= 0.3 is 5.97 Å². The maximum absolute atomic E-state index is 12.5. The van der Waals surface area contributed by atoms with E-state index in [0.29, 0.717) is 11.3 Å². The van der Waals surface area contributed by atoms with Crippen LogP contribution in [-0.4, -0.2) is 5.97 Å². The van der Waals surface area contributed by atoms with Crippen LogP contribution in [0.2, 0.25) is 0 Å². The smallest absolute Gasteiger partial charge is 0.343 e. The minimum atomic E-state index is -0.299. The number of aryl methyl sites for hydroxylation is 2. The molecule has 1 aliphatic carbocycles. The van der Waals surface area contributed by atoms with Gasteiger partial charge in [0.25, 0.3) is 0 Å². The second-order valence-corrected chi connectivity index (χ2v) is 8.28. The number of hydrogen-bond donors (Lipinski definition) is 0. The summed E-state index contributed by atoms with van der Waals surface area (Å²) in [4.78, 5) is 12.5. The van der Waals surface area contributed by atoms with Crippen molar-refractivity contribution in [1.29, 1.82) is 0 Å². The molecule has 0 saturated heterocycles. The number of fused-ring (bicyclic) bond motifs is 3. The second kappa shape index (κ2) is 9.30. The number of esters is 1. The molecule has 0 amide bonds. The Hall–Kier alpha value is -2.87. The van der Waals surface area contributed by atoms with Crippen molar-refractivity contribution in [3.8, 4) is 16.9 Å². The molecule has 0 fully saturated rings. The summed E-state index contributed by atoms with van der Waals surface area (Å²) in [5.41, 5.74) is 8.46. The number of carbonyl (C=O) groups is 1. The fourth-order valence-electron chi connectivity index (χ4n) is 4.30. The first-order valence-corrected chi connectivity index (χ1v) is 11.2. The average Bonchev–Trinajstić information content (AvgIpc) is 3.11. The summed E-state index contributed by atoms with van der Waals surface area (Å²) in [6, 6.07) is 20.6. The van der Waals surface area contributed by atoms with Crippen LogP contribution in [-0.2, 0) is 19.3 Å². The maximum Gasteiger partial charge on any atom is 0.343 e. The van der Waals surface area contributed by atoms with E-state index in [-0.39, 0.29) is 5.97 Å². The van der Waals surface area contributed by atoms with E-state index in [1.807, 2.05) is 36.4 Å². The van der Waals surface area contributed by atoms with E-state index in [4.69, 9.17) is 4.74 Å². The molecule has 0 radical (unpaired) electrons. The monoisotopic (exact) mass is 398 g/mol. The molecule has 30 heavy (non-hydrogen) atoms. The average molecular weight is 399 g/mol. The van der Waals surface area contributed by atoms with E-state index >= 15 is 0 Å². The van der Waals surface area contributed by atoms with Crippen molar-refractivity contribution in [2.24, 2.45) is 0 Å². The lowest BCUT2D eigenvalue weighted by molar-refractivity contribution is 0.0734. The molecular formula is C28H30O2. The van der Waals surface area contributed by atoms with Crippen LogP contribution in [0.25, 0.3) is 11.1 Å². The van der Waals surface area contributed by atoms with Gasteiger partial charge in [0.2, 0.25) is 0 Å². The molecule has 0 saturated carbocycles. The zero-order chi connectivity index (χ0) is 20.9. The van der Waals surface area contributed by atoms with Crippen molar-refractivity contribution in [3.63, 3.8) is 0 Å². The lowest BCUT2D eigenvalue weighted by Gasteiger charge is -2.08. The molecular weight excluding hydrogens is 368 g/mol. The molecule has 0 aromatic heterocycles. The highest BCUT2D eigenvalue weighted by molar-refractivity contribution is 5.91. The number of carbonyl (C=O) groups excluding carboxylic acids is 1. The van der Waals surface area contributed by atoms with Gasteiger partial charge < -0.3 is 4.74 Å². The van der Waals surface area contributed by atoms with Crippen molar-refractivity contribution < 1.29 is 9.53 Å². The first kappa shape index (κ1) is 20.4. The minimum Gasteiger partial charge on any atom is -0.423 e. The summed E-state index contributed by atoms with van der Waals surface area (Å²) >= 11 is 0. The number of ether oxygens (including phenoxy) is 1. The Bertz CT molecular complexity index is 1030. The van der Waals surface area contributed by atoms with Gasteiger partial charge in [-0.15, -0.1) is 0 Å². The van der Waals surface area contributed by atoms with Crippen LogP contribution in [0.1, 0.15) is 72.1 Å². The molecule has 0 heterocycles. The zero-order valence-corrected chi connectivity index (χ0v) is 18.0. The summed E-state index contributed by atoms with van der Waals surface area (Å²) in [6.07, 6.45) is 7.97. The topological polar surface area (TPSA) is 26.3 Å². The van der Waals surface area contributed by atoms with Crippen LogP contribution in [0.4, 0.5) is 0 Å². The molecule has 0 atom stereocenters. The van der Waals surface area contributed by atoms with Crippen molar-refractivity contribution in [1.82, 2.24) is 0 Å². The van der Waals surface area contributed by atoms with Gasteiger partial charge in [0.05, 0.1) is 5.56 Å². The maximum atomic E-state index is 12.5. The molecule has 2 nitrogen and oxygen atoms in total. The largest absolute Gasteiger partial charge is 0.423 e.